The second kappa shape index (κ2) is 5.11. The molecular formula is C8H9BrClNO2S. The zero-order chi connectivity index (χ0) is 10.6. The van der Waals surface area contributed by atoms with Gasteiger partial charge in [-0.25, -0.2) is 13.1 Å². The number of hydrogen-bond donors (Lipinski definition) is 1. The minimum absolute atomic E-state index is 0.186. The highest BCUT2D eigenvalue weighted by atomic mass is 79.9. The molecule has 0 amide bonds. The second-order valence-corrected chi connectivity index (χ2v) is 5.54. The standard InChI is InChI=1S/C8H9BrClNO2S/c9-4-5-11-14(12,13)8-3-1-2-7(10)6-8/h1-3,6,11H,4-5H2. The summed E-state index contributed by atoms with van der Waals surface area (Å²) in [6.45, 7) is 0.356. The Hall–Kier alpha value is -0.100. The average molecular weight is 299 g/mol. The summed E-state index contributed by atoms with van der Waals surface area (Å²) in [5.41, 5.74) is 0. The first-order valence-corrected chi connectivity index (χ1v) is 6.86. The van der Waals surface area contributed by atoms with Gasteiger partial charge in [-0.3, -0.25) is 0 Å². The molecule has 0 bridgehead atoms. The maximum absolute atomic E-state index is 11.6. The molecule has 6 heteroatoms. The Balaban J connectivity index is 2.93. The molecule has 0 unspecified atom stereocenters. The van der Waals surface area contributed by atoms with Crippen molar-refractivity contribution in [3.8, 4) is 0 Å². The van der Waals surface area contributed by atoms with Crippen LogP contribution in [0, 0.1) is 0 Å². The molecule has 0 heterocycles. The van der Waals surface area contributed by atoms with Gasteiger partial charge in [0.25, 0.3) is 0 Å². The van der Waals surface area contributed by atoms with Crippen molar-refractivity contribution in [2.24, 2.45) is 0 Å². The van der Waals surface area contributed by atoms with Crippen LogP contribution in [-0.4, -0.2) is 20.3 Å². The highest BCUT2D eigenvalue weighted by molar-refractivity contribution is 9.09. The minimum atomic E-state index is -3.41. The van der Waals surface area contributed by atoms with E-state index in [1.165, 1.54) is 12.1 Å². The number of nitrogens with one attached hydrogen (secondary N) is 1. The van der Waals surface area contributed by atoms with Gasteiger partial charge in [0.1, 0.15) is 0 Å². The van der Waals surface area contributed by atoms with E-state index in [4.69, 9.17) is 11.6 Å². The normalized spacial score (nSPS) is 11.6. The van der Waals surface area contributed by atoms with E-state index in [0.29, 0.717) is 16.9 Å². The van der Waals surface area contributed by atoms with Crippen molar-refractivity contribution in [2.75, 3.05) is 11.9 Å². The van der Waals surface area contributed by atoms with Crippen LogP contribution in [-0.2, 0) is 10.0 Å². The number of halogens is 2. The summed E-state index contributed by atoms with van der Waals surface area (Å²) in [4.78, 5) is 0.186. The van der Waals surface area contributed by atoms with Gasteiger partial charge in [-0.1, -0.05) is 33.6 Å². The highest BCUT2D eigenvalue weighted by Gasteiger charge is 2.12. The lowest BCUT2D eigenvalue weighted by molar-refractivity contribution is 0.584. The number of benzene rings is 1. The lowest BCUT2D eigenvalue weighted by atomic mass is 10.4. The summed E-state index contributed by atoms with van der Waals surface area (Å²) in [6, 6.07) is 6.15. The molecule has 0 radical (unpaired) electrons. The fourth-order valence-electron chi connectivity index (χ4n) is 0.890. The summed E-state index contributed by atoms with van der Waals surface area (Å²) in [6.07, 6.45) is 0. The predicted octanol–water partition coefficient (Wildman–Crippen LogP) is 2.01. The zero-order valence-electron chi connectivity index (χ0n) is 7.20. The fraction of sp³-hybridized carbons (Fsp3) is 0.250. The number of sulfonamides is 1. The lowest BCUT2D eigenvalue weighted by Gasteiger charge is -2.04. The van der Waals surface area contributed by atoms with Crippen LogP contribution in [0.25, 0.3) is 0 Å². The summed E-state index contributed by atoms with van der Waals surface area (Å²) >= 11 is 8.82. The molecule has 0 spiro atoms. The Bertz CT molecular complexity index is 408. The first kappa shape index (κ1) is 12.0. The third kappa shape index (κ3) is 3.24. The maximum Gasteiger partial charge on any atom is 0.240 e. The van der Waals surface area contributed by atoms with Gasteiger partial charge in [0.05, 0.1) is 4.90 Å². The van der Waals surface area contributed by atoms with Crippen LogP contribution >= 0.6 is 27.5 Å². The SMILES string of the molecule is O=S(=O)(NCCBr)c1cccc(Cl)c1. The Labute approximate surface area is 96.6 Å². The van der Waals surface area contributed by atoms with Crippen molar-refractivity contribution < 1.29 is 8.42 Å². The minimum Gasteiger partial charge on any atom is -0.210 e. The van der Waals surface area contributed by atoms with Crippen molar-refractivity contribution >= 4 is 37.6 Å². The third-order valence-electron chi connectivity index (χ3n) is 1.49. The van der Waals surface area contributed by atoms with Gasteiger partial charge >= 0.3 is 0 Å². The molecule has 1 N–H and O–H groups in total. The van der Waals surface area contributed by atoms with E-state index in [1.54, 1.807) is 12.1 Å². The van der Waals surface area contributed by atoms with E-state index in [9.17, 15) is 8.42 Å². The molecule has 3 nitrogen and oxygen atoms in total. The Morgan fingerprint density at radius 2 is 2.14 bits per heavy atom. The second-order valence-electron chi connectivity index (χ2n) is 2.54. The van der Waals surface area contributed by atoms with Crippen LogP contribution < -0.4 is 4.72 Å². The Morgan fingerprint density at radius 1 is 1.43 bits per heavy atom. The van der Waals surface area contributed by atoms with Crippen molar-refractivity contribution in [3.63, 3.8) is 0 Å². The quantitative estimate of drug-likeness (QED) is 0.864. The van der Waals surface area contributed by atoms with Gasteiger partial charge in [0.15, 0.2) is 0 Å². The van der Waals surface area contributed by atoms with E-state index in [2.05, 4.69) is 20.7 Å². The van der Waals surface area contributed by atoms with Gasteiger partial charge in [-0.15, -0.1) is 0 Å². The summed E-state index contributed by atoms with van der Waals surface area (Å²) in [7, 11) is -3.41. The van der Waals surface area contributed by atoms with Crippen molar-refractivity contribution in [1.82, 2.24) is 4.72 Å². The lowest BCUT2D eigenvalue weighted by Crippen LogP contribution is -2.25. The zero-order valence-corrected chi connectivity index (χ0v) is 10.4. The van der Waals surface area contributed by atoms with E-state index < -0.39 is 10.0 Å². The molecule has 1 rings (SSSR count). The summed E-state index contributed by atoms with van der Waals surface area (Å²) in [5, 5.41) is 0.985. The molecule has 1 aromatic rings. The van der Waals surface area contributed by atoms with Gasteiger partial charge in [0, 0.05) is 16.9 Å². The van der Waals surface area contributed by atoms with Crippen LogP contribution in [0.2, 0.25) is 5.02 Å². The molecule has 0 aliphatic heterocycles. The predicted molar refractivity (Wildman–Crippen MR) is 60.4 cm³/mol. The van der Waals surface area contributed by atoms with E-state index in [-0.39, 0.29) is 4.90 Å². The topological polar surface area (TPSA) is 46.2 Å². The molecule has 0 aliphatic rings. The molecule has 0 aromatic heterocycles. The molecule has 14 heavy (non-hydrogen) atoms. The van der Waals surface area contributed by atoms with Gasteiger partial charge in [0.2, 0.25) is 10.0 Å². The molecule has 1 aromatic carbocycles. The number of hydrogen-bond acceptors (Lipinski definition) is 2. The number of alkyl halides is 1. The van der Waals surface area contributed by atoms with Crippen LogP contribution in [0.5, 0.6) is 0 Å². The Kier molecular flexibility index (Phi) is 4.37. The summed E-state index contributed by atoms with van der Waals surface area (Å²) in [5.74, 6) is 0. The largest absolute Gasteiger partial charge is 0.240 e. The van der Waals surface area contributed by atoms with Crippen molar-refractivity contribution in [3.05, 3.63) is 29.3 Å². The van der Waals surface area contributed by atoms with Crippen LogP contribution in [0.15, 0.2) is 29.2 Å². The van der Waals surface area contributed by atoms with Gasteiger partial charge in [-0.05, 0) is 18.2 Å². The van der Waals surface area contributed by atoms with Gasteiger partial charge in [-0.2, -0.15) is 0 Å². The van der Waals surface area contributed by atoms with Crippen LogP contribution in [0.4, 0.5) is 0 Å². The first-order valence-electron chi connectivity index (χ1n) is 3.87. The van der Waals surface area contributed by atoms with Crippen LogP contribution in [0.1, 0.15) is 0 Å². The molecule has 0 saturated carbocycles. The van der Waals surface area contributed by atoms with Crippen LogP contribution in [0.3, 0.4) is 0 Å². The molecule has 78 valence electrons. The highest BCUT2D eigenvalue weighted by Crippen LogP contribution is 2.14. The number of rotatable bonds is 4. The summed E-state index contributed by atoms with van der Waals surface area (Å²) < 4.78 is 25.5. The molecule has 0 atom stereocenters. The first-order chi connectivity index (χ1) is 6.56. The maximum atomic E-state index is 11.6. The monoisotopic (exact) mass is 297 g/mol. The third-order valence-corrected chi connectivity index (χ3v) is 3.58. The Morgan fingerprint density at radius 3 is 2.71 bits per heavy atom. The fourth-order valence-corrected chi connectivity index (χ4v) is 2.68. The average Bonchev–Trinajstić information content (AvgIpc) is 2.15. The molecule has 0 aliphatic carbocycles. The smallest absolute Gasteiger partial charge is 0.210 e. The van der Waals surface area contributed by atoms with Crippen molar-refractivity contribution in [1.29, 1.82) is 0 Å². The molecule has 0 saturated heterocycles. The van der Waals surface area contributed by atoms with Gasteiger partial charge < -0.3 is 0 Å². The molecular weight excluding hydrogens is 290 g/mol. The van der Waals surface area contributed by atoms with E-state index >= 15 is 0 Å². The van der Waals surface area contributed by atoms with E-state index in [1.807, 2.05) is 0 Å². The molecule has 0 fully saturated rings. The van der Waals surface area contributed by atoms with Crippen molar-refractivity contribution in [2.45, 2.75) is 4.90 Å². The van der Waals surface area contributed by atoms with E-state index in [0.717, 1.165) is 0 Å².